The Hall–Kier alpha value is -1.64. The Labute approximate surface area is 153 Å². The van der Waals surface area contributed by atoms with E-state index in [1.807, 2.05) is 37.4 Å². The standard InChI is InChI=1S/C17H28N4O3S/c1-4-21(11-16(22)23)13-8-12(9-13)19-17(24)18-10-14(20(2)3)15-6-5-7-25-15/h5-7,12-14H,4,8-11H2,1-3H3,(H,22,23)(H2,18,19,24). The Bertz CT molecular complexity index is 558. The van der Waals surface area contributed by atoms with E-state index in [4.69, 9.17) is 5.11 Å². The van der Waals surface area contributed by atoms with E-state index in [-0.39, 0.29) is 30.7 Å². The van der Waals surface area contributed by atoms with E-state index in [0.29, 0.717) is 13.1 Å². The molecule has 8 heteroatoms. The van der Waals surface area contributed by atoms with E-state index in [0.717, 1.165) is 12.8 Å². The van der Waals surface area contributed by atoms with Crippen molar-refractivity contribution in [2.24, 2.45) is 0 Å². The summed E-state index contributed by atoms with van der Waals surface area (Å²) in [4.78, 5) is 28.2. The van der Waals surface area contributed by atoms with Crippen LogP contribution in [0.2, 0.25) is 0 Å². The zero-order valence-electron chi connectivity index (χ0n) is 15.1. The van der Waals surface area contributed by atoms with E-state index in [2.05, 4.69) is 21.6 Å². The maximum absolute atomic E-state index is 12.1. The maximum Gasteiger partial charge on any atom is 0.317 e. The van der Waals surface area contributed by atoms with E-state index >= 15 is 0 Å². The van der Waals surface area contributed by atoms with Gasteiger partial charge in [-0.05, 0) is 44.9 Å². The third kappa shape index (κ3) is 5.69. The molecule has 3 N–H and O–H groups in total. The summed E-state index contributed by atoms with van der Waals surface area (Å²) in [7, 11) is 4.00. The average Bonchev–Trinajstić information content (AvgIpc) is 3.02. The number of thiophene rings is 1. The molecule has 1 heterocycles. The van der Waals surface area contributed by atoms with Crippen molar-refractivity contribution in [3.8, 4) is 0 Å². The SMILES string of the molecule is CCN(CC(=O)O)C1CC(NC(=O)NCC(c2cccs2)N(C)C)C1. The minimum Gasteiger partial charge on any atom is -0.480 e. The second-order valence-electron chi connectivity index (χ2n) is 6.63. The third-order valence-electron chi connectivity index (χ3n) is 4.66. The van der Waals surface area contributed by atoms with E-state index < -0.39 is 5.97 Å². The van der Waals surface area contributed by atoms with Gasteiger partial charge in [0, 0.05) is 23.5 Å². The van der Waals surface area contributed by atoms with Crippen molar-refractivity contribution < 1.29 is 14.7 Å². The Morgan fingerprint density at radius 1 is 1.40 bits per heavy atom. The van der Waals surface area contributed by atoms with Gasteiger partial charge in [-0.2, -0.15) is 0 Å². The summed E-state index contributed by atoms with van der Waals surface area (Å²) in [6.45, 7) is 3.28. The number of rotatable bonds is 9. The maximum atomic E-state index is 12.1. The number of likely N-dealkylation sites (N-methyl/N-ethyl adjacent to an activating group) is 2. The summed E-state index contributed by atoms with van der Waals surface area (Å²) in [6, 6.07) is 4.45. The van der Waals surface area contributed by atoms with Crippen molar-refractivity contribution >= 4 is 23.3 Å². The molecule has 7 nitrogen and oxygen atoms in total. The first-order chi connectivity index (χ1) is 11.9. The van der Waals surface area contributed by atoms with Gasteiger partial charge in [0.25, 0.3) is 0 Å². The number of nitrogens with one attached hydrogen (secondary N) is 2. The van der Waals surface area contributed by atoms with E-state index in [1.165, 1.54) is 4.88 Å². The third-order valence-corrected chi connectivity index (χ3v) is 5.63. The van der Waals surface area contributed by atoms with Crippen molar-refractivity contribution in [3.05, 3.63) is 22.4 Å². The number of amides is 2. The van der Waals surface area contributed by atoms with Gasteiger partial charge in [0.05, 0.1) is 12.6 Å². The first-order valence-corrected chi connectivity index (χ1v) is 9.48. The van der Waals surface area contributed by atoms with Gasteiger partial charge in [0.15, 0.2) is 0 Å². The van der Waals surface area contributed by atoms with Crippen LogP contribution < -0.4 is 10.6 Å². The number of hydrogen-bond donors (Lipinski definition) is 3. The van der Waals surface area contributed by atoms with Crippen molar-refractivity contribution in [1.29, 1.82) is 0 Å². The molecule has 1 saturated carbocycles. The number of urea groups is 1. The minimum absolute atomic E-state index is 0.0609. The highest BCUT2D eigenvalue weighted by Crippen LogP contribution is 2.26. The van der Waals surface area contributed by atoms with Gasteiger partial charge >= 0.3 is 12.0 Å². The molecule has 1 fully saturated rings. The Balaban J connectivity index is 1.72. The molecular formula is C17H28N4O3S. The number of hydrogen-bond acceptors (Lipinski definition) is 5. The molecule has 140 valence electrons. The summed E-state index contributed by atoms with van der Waals surface area (Å²) in [5.41, 5.74) is 0. The van der Waals surface area contributed by atoms with Gasteiger partial charge in [-0.1, -0.05) is 13.0 Å². The van der Waals surface area contributed by atoms with Crippen molar-refractivity contribution in [2.45, 2.75) is 37.9 Å². The van der Waals surface area contributed by atoms with Crippen LogP contribution in [-0.2, 0) is 4.79 Å². The molecule has 0 bridgehead atoms. The summed E-state index contributed by atoms with van der Waals surface area (Å²) in [5, 5.41) is 16.9. The Kier molecular flexibility index (Phi) is 7.22. The summed E-state index contributed by atoms with van der Waals surface area (Å²) < 4.78 is 0. The molecule has 1 aromatic heterocycles. The zero-order chi connectivity index (χ0) is 18.4. The lowest BCUT2D eigenvalue weighted by atomic mass is 9.85. The van der Waals surface area contributed by atoms with Crippen LogP contribution in [0.1, 0.15) is 30.7 Å². The van der Waals surface area contributed by atoms with Gasteiger partial charge in [0.1, 0.15) is 0 Å². The predicted molar refractivity (Wildman–Crippen MR) is 99.0 cm³/mol. The highest BCUT2D eigenvalue weighted by molar-refractivity contribution is 7.10. The van der Waals surface area contributed by atoms with Crippen molar-refractivity contribution in [3.63, 3.8) is 0 Å². The molecule has 25 heavy (non-hydrogen) atoms. The first kappa shape index (κ1) is 19.7. The van der Waals surface area contributed by atoms with Crippen LogP contribution in [0, 0.1) is 0 Å². The van der Waals surface area contributed by atoms with Crippen LogP contribution in [0.15, 0.2) is 17.5 Å². The second-order valence-corrected chi connectivity index (χ2v) is 7.61. The fourth-order valence-corrected chi connectivity index (χ4v) is 4.04. The predicted octanol–water partition coefficient (Wildman–Crippen LogP) is 1.59. The van der Waals surface area contributed by atoms with Crippen LogP contribution in [0.25, 0.3) is 0 Å². The largest absolute Gasteiger partial charge is 0.480 e. The van der Waals surface area contributed by atoms with E-state index in [9.17, 15) is 9.59 Å². The van der Waals surface area contributed by atoms with Crippen LogP contribution in [0.4, 0.5) is 4.79 Å². The van der Waals surface area contributed by atoms with Crippen molar-refractivity contribution in [1.82, 2.24) is 20.4 Å². The Morgan fingerprint density at radius 3 is 2.64 bits per heavy atom. The number of carboxylic acid groups (broad SMARTS) is 1. The fraction of sp³-hybridized carbons (Fsp3) is 0.647. The van der Waals surface area contributed by atoms with Gasteiger partial charge in [-0.15, -0.1) is 11.3 Å². The monoisotopic (exact) mass is 368 g/mol. The number of carbonyl (C=O) groups is 2. The van der Waals surface area contributed by atoms with Crippen LogP contribution in [-0.4, -0.2) is 72.7 Å². The summed E-state index contributed by atoms with van der Waals surface area (Å²) in [5.74, 6) is -0.806. The highest BCUT2D eigenvalue weighted by atomic mass is 32.1. The normalized spacial score (nSPS) is 21.0. The minimum atomic E-state index is -0.806. The number of nitrogens with zero attached hydrogens (tertiary/aromatic N) is 2. The second kappa shape index (κ2) is 9.17. The lowest BCUT2D eigenvalue weighted by Gasteiger charge is -2.42. The fourth-order valence-electron chi connectivity index (χ4n) is 3.12. The van der Waals surface area contributed by atoms with Crippen LogP contribution in [0.5, 0.6) is 0 Å². The van der Waals surface area contributed by atoms with Crippen molar-refractivity contribution in [2.75, 3.05) is 33.7 Å². The van der Waals surface area contributed by atoms with Crippen LogP contribution in [0.3, 0.4) is 0 Å². The Morgan fingerprint density at radius 2 is 2.12 bits per heavy atom. The van der Waals surface area contributed by atoms with Gasteiger partial charge in [0.2, 0.25) is 0 Å². The average molecular weight is 369 g/mol. The smallest absolute Gasteiger partial charge is 0.317 e. The van der Waals surface area contributed by atoms with Gasteiger partial charge in [-0.25, -0.2) is 4.79 Å². The van der Waals surface area contributed by atoms with Gasteiger partial charge in [-0.3, -0.25) is 9.69 Å². The first-order valence-electron chi connectivity index (χ1n) is 8.60. The molecular weight excluding hydrogens is 340 g/mol. The molecule has 1 unspecified atom stereocenters. The summed E-state index contributed by atoms with van der Waals surface area (Å²) in [6.07, 6.45) is 1.60. The molecule has 1 aliphatic rings. The topological polar surface area (TPSA) is 84.9 Å². The number of carboxylic acids is 1. The van der Waals surface area contributed by atoms with E-state index in [1.54, 1.807) is 11.3 Å². The molecule has 1 aromatic rings. The number of aliphatic carboxylic acids is 1. The molecule has 1 aliphatic carbocycles. The lowest BCUT2D eigenvalue weighted by molar-refractivity contribution is -0.139. The zero-order valence-corrected chi connectivity index (χ0v) is 15.9. The molecule has 2 rings (SSSR count). The molecule has 0 aliphatic heterocycles. The molecule has 0 radical (unpaired) electrons. The quantitative estimate of drug-likeness (QED) is 0.616. The molecule has 0 aromatic carbocycles. The molecule has 0 saturated heterocycles. The van der Waals surface area contributed by atoms with Crippen LogP contribution >= 0.6 is 11.3 Å². The number of carbonyl (C=O) groups excluding carboxylic acids is 1. The molecule has 1 atom stereocenters. The lowest BCUT2D eigenvalue weighted by Crippen LogP contribution is -2.56. The molecule has 0 spiro atoms. The highest BCUT2D eigenvalue weighted by Gasteiger charge is 2.34. The summed E-state index contributed by atoms with van der Waals surface area (Å²) >= 11 is 1.68. The van der Waals surface area contributed by atoms with Gasteiger partial charge < -0.3 is 20.6 Å². The molecule has 2 amide bonds.